The number of ether oxygens (including phenoxy) is 1. The van der Waals surface area contributed by atoms with Crippen LogP contribution in [0.4, 0.5) is 5.69 Å². The molecule has 0 fully saturated rings. The molecular formula is C10H11NO2S. The summed E-state index contributed by atoms with van der Waals surface area (Å²) in [6, 6.07) is 5.70. The Morgan fingerprint density at radius 1 is 1.43 bits per heavy atom. The summed E-state index contributed by atoms with van der Waals surface area (Å²) in [5.74, 6) is 2.23. The minimum absolute atomic E-state index is 0.0574. The van der Waals surface area contributed by atoms with E-state index in [0.717, 1.165) is 22.8 Å². The van der Waals surface area contributed by atoms with E-state index in [-0.39, 0.29) is 5.91 Å². The van der Waals surface area contributed by atoms with E-state index in [2.05, 4.69) is 5.32 Å². The number of benzene rings is 1. The lowest BCUT2D eigenvalue weighted by Crippen LogP contribution is -2.12. The Labute approximate surface area is 86.8 Å². The number of rotatable bonds is 1. The quantitative estimate of drug-likeness (QED) is 0.767. The van der Waals surface area contributed by atoms with Crippen molar-refractivity contribution in [1.29, 1.82) is 0 Å². The first-order chi connectivity index (χ1) is 6.81. The second-order valence-electron chi connectivity index (χ2n) is 3.03. The molecule has 1 aromatic carbocycles. The molecule has 0 atom stereocenters. The SMILES string of the molecule is COc1cccc2c1CSCC(=O)N2. The van der Waals surface area contributed by atoms with Crippen molar-refractivity contribution < 1.29 is 9.53 Å². The molecule has 0 saturated heterocycles. The summed E-state index contributed by atoms with van der Waals surface area (Å²) in [4.78, 5) is 11.3. The number of hydrogen-bond acceptors (Lipinski definition) is 3. The first-order valence-corrected chi connectivity index (χ1v) is 5.50. The summed E-state index contributed by atoms with van der Waals surface area (Å²) in [6.07, 6.45) is 0. The third-order valence-electron chi connectivity index (χ3n) is 2.11. The van der Waals surface area contributed by atoms with Crippen LogP contribution in [0.1, 0.15) is 5.56 Å². The van der Waals surface area contributed by atoms with Gasteiger partial charge in [0.15, 0.2) is 0 Å². The van der Waals surface area contributed by atoms with Crippen LogP contribution in [0.25, 0.3) is 0 Å². The molecule has 1 aliphatic rings. The fourth-order valence-electron chi connectivity index (χ4n) is 1.45. The summed E-state index contributed by atoms with van der Waals surface area (Å²) in [6.45, 7) is 0. The lowest BCUT2D eigenvalue weighted by Gasteiger charge is -2.10. The predicted octanol–water partition coefficient (Wildman–Crippen LogP) is 1.88. The third-order valence-corrected chi connectivity index (χ3v) is 3.07. The number of anilines is 1. The molecule has 0 saturated carbocycles. The Balaban J connectivity index is 2.43. The van der Waals surface area contributed by atoms with E-state index in [1.165, 1.54) is 0 Å². The zero-order valence-corrected chi connectivity index (χ0v) is 8.69. The summed E-state index contributed by atoms with van der Waals surface area (Å²) >= 11 is 1.60. The second kappa shape index (κ2) is 3.92. The highest BCUT2D eigenvalue weighted by Gasteiger charge is 2.15. The normalized spacial score (nSPS) is 15.4. The van der Waals surface area contributed by atoms with Gasteiger partial charge < -0.3 is 10.1 Å². The highest BCUT2D eigenvalue weighted by atomic mass is 32.2. The molecule has 0 spiro atoms. The van der Waals surface area contributed by atoms with Crippen molar-refractivity contribution in [3.63, 3.8) is 0 Å². The molecule has 1 N–H and O–H groups in total. The molecule has 0 unspecified atom stereocenters. The van der Waals surface area contributed by atoms with Crippen LogP contribution in [0.3, 0.4) is 0 Å². The van der Waals surface area contributed by atoms with E-state index < -0.39 is 0 Å². The molecule has 0 bridgehead atoms. The number of amides is 1. The second-order valence-corrected chi connectivity index (χ2v) is 4.01. The van der Waals surface area contributed by atoms with Crippen molar-refractivity contribution in [3.8, 4) is 5.75 Å². The van der Waals surface area contributed by atoms with E-state index in [9.17, 15) is 4.79 Å². The summed E-state index contributed by atoms with van der Waals surface area (Å²) in [5, 5.41) is 2.86. The molecule has 0 aromatic heterocycles. The van der Waals surface area contributed by atoms with Crippen molar-refractivity contribution in [1.82, 2.24) is 0 Å². The molecule has 14 heavy (non-hydrogen) atoms. The fourth-order valence-corrected chi connectivity index (χ4v) is 2.32. The standard InChI is InChI=1S/C10H11NO2S/c1-13-9-4-2-3-8-7(9)5-14-6-10(12)11-8/h2-4H,5-6H2,1H3,(H,11,12). The Morgan fingerprint density at radius 3 is 3.07 bits per heavy atom. The Bertz CT molecular complexity index is 365. The van der Waals surface area contributed by atoms with Gasteiger partial charge in [0.05, 0.1) is 12.9 Å². The summed E-state index contributed by atoms with van der Waals surface area (Å²) in [7, 11) is 1.65. The molecule has 0 radical (unpaired) electrons. The number of hydrogen-bond donors (Lipinski definition) is 1. The van der Waals surface area contributed by atoms with Crippen molar-refractivity contribution in [2.45, 2.75) is 5.75 Å². The van der Waals surface area contributed by atoms with E-state index in [0.29, 0.717) is 5.75 Å². The minimum Gasteiger partial charge on any atom is -0.496 e. The molecular weight excluding hydrogens is 198 g/mol. The van der Waals surface area contributed by atoms with Gasteiger partial charge in [-0.2, -0.15) is 0 Å². The van der Waals surface area contributed by atoms with Crippen LogP contribution < -0.4 is 10.1 Å². The largest absolute Gasteiger partial charge is 0.496 e. The fraction of sp³-hybridized carbons (Fsp3) is 0.300. The molecule has 74 valence electrons. The Kier molecular flexibility index (Phi) is 2.63. The number of carbonyl (C=O) groups excluding carboxylic acids is 1. The van der Waals surface area contributed by atoms with Gasteiger partial charge in [-0.25, -0.2) is 0 Å². The first-order valence-electron chi connectivity index (χ1n) is 4.34. The molecule has 1 heterocycles. The van der Waals surface area contributed by atoms with Gasteiger partial charge in [0.25, 0.3) is 0 Å². The lowest BCUT2D eigenvalue weighted by atomic mass is 10.2. The molecule has 1 aliphatic heterocycles. The van der Waals surface area contributed by atoms with E-state index >= 15 is 0 Å². The highest BCUT2D eigenvalue weighted by molar-refractivity contribution is 7.99. The maximum absolute atomic E-state index is 11.3. The number of nitrogens with one attached hydrogen (secondary N) is 1. The average molecular weight is 209 g/mol. The number of thioether (sulfide) groups is 1. The van der Waals surface area contributed by atoms with Crippen molar-refractivity contribution in [2.75, 3.05) is 18.2 Å². The highest BCUT2D eigenvalue weighted by Crippen LogP contribution is 2.32. The van der Waals surface area contributed by atoms with Gasteiger partial charge in [0.1, 0.15) is 5.75 Å². The summed E-state index contributed by atoms with van der Waals surface area (Å²) in [5.41, 5.74) is 1.95. The van der Waals surface area contributed by atoms with Gasteiger partial charge in [-0.1, -0.05) is 6.07 Å². The molecule has 3 nitrogen and oxygen atoms in total. The predicted molar refractivity (Wildman–Crippen MR) is 57.8 cm³/mol. The van der Waals surface area contributed by atoms with E-state index in [4.69, 9.17) is 4.74 Å². The molecule has 1 aromatic rings. The zero-order chi connectivity index (χ0) is 9.97. The van der Waals surface area contributed by atoms with Crippen LogP contribution in [0, 0.1) is 0 Å². The van der Waals surface area contributed by atoms with Crippen LogP contribution in [-0.2, 0) is 10.5 Å². The van der Waals surface area contributed by atoms with E-state index in [1.54, 1.807) is 18.9 Å². The van der Waals surface area contributed by atoms with Crippen LogP contribution >= 0.6 is 11.8 Å². The van der Waals surface area contributed by atoms with Gasteiger partial charge in [0.2, 0.25) is 5.91 Å². The smallest absolute Gasteiger partial charge is 0.234 e. The van der Waals surface area contributed by atoms with Crippen LogP contribution in [0.2, 0.25) is 0 Å². The first kappa shape index (κ1) is 9.40. The van der Waals surface area contributed by atoms with Gasteiger partial charge in [-0.05, 0) is 12.1 Å². The van der Waals surface area contributed by atoms with Gasteiger partial charge in [0, 0.05) is 17.0 Å². The van der Waals surface area contributed by atoms with Crippen molar-refractivity contribution in [2.24, 2.45) is 0 Å². The lowest BCUT2D eigenvalue weighted by molar-refractivity contribution is -0.113. The van der Waals surface area contributed by atoms with E-state index in [1.807, 2.05) is 18.2 Å². The van der Waals surface area contributed by atoms with Gasteiger partial charge >= 0.3 is 0 Å². The maximum Gasteiger partial charge on any atom is 0.234 e. The van der Waals surface area contributed by atoms with Crippen LogP contribution in [0.15, 0.2) is 18.2 Å². The van der Waals surface area contributed by atoms with Gasteiger partial charge in [-0.15, -0.1) is 11.8 Å². The van der Waals surface area contributed by atoms with Crippen molar-refractivity contribution in [3.05, 3.63) is 23.8 Å². The molecule has 4 heteroatoms. The zero-order valence-electron chi connectivity index (χ0n) is 7.87. The van der Waals surface area contributed by atoms with Gasteiger partial charge in [-0.3, -0.25) is 4.79 Å². The van der Waals surface area contributed by atoms with Crippen molar-refractivity contribution >= 4 is 23.4 Å². The number of fused-ring (bicyclic) bond motifs is 1. The molecule has 0 aliphatic carbocycles. The number of methoxy groups -OCH3 is 1. The summed E-state index contributed by atoms with van der Waals surface area (Å²) < 4.78 is 5.24. The Hall–Kier alpha value is -1.16. The molecule has 2 rings (SSSR count). The third kappa shape index (κ3) is 1.70. The monoisotopic (exact) mass is 209 g/mol. The molecule has 1 amide bonds. The maximum atomic E-state index is 11.3. The number of carbonyl (C=O) groups is 1. The Morgan fingerprint density at radius 2 is 2.29 bits per heavy atom. The average Bonchev–Trinajstić information content (AvgIpc) is 2.37. The van der Waals surface area contributed by atoms with Crippen LogP contribution in [-0.4, -0.2) is 18.8 Å². The van der Waals surface area contributed by atoms with Crippen LogP contribution in [0.5, 0.6) is 5.75 Å². The minimum atomic E-state index is 0.0574. The topological polar surface area (TPSA) is 38.3 Å².